The number of nitrogens with zero attached hydrogens (tertiary/aromatic N) is 4. The molecule has 0 spiro atoms. The first-order valence-corrected chi connectivity index (χ1v) is 8.31. The zero-order valence-corrected chi connectivity index (χ0v) is 13.8. The van der Waals surface area contributed by atoms with Crippen molar-refractivity contribution in [3.63, 3.8) is 0 Å². The number of oxime groups is 1. The van der Waals surface area contributed by atoms with Crippen molar-refractivity contribution in [1.29, 1.82) is 0 Å². The molecule has 8 nitrogen and oxygen atoms in total. The van der Waals surface area contributed by atoms with Crippen molar-refractivity contribution in [1.82, 2.24) is 15.0 Å². The molecule has 24 heavy (non-hydrogen) atoms. The van der Waals surface area contributed by atoms with E-state index >= 15 is 0 Å². The summed E-state index contributed by atoms with van der Waals surface area (Å²) in [5.74, 6) is 0.184. The van der Waals surface area contributed by atoms with Gasteiger partial charge in [-0.1, -0.05) is 10.3 Å². The van der Waals surface area contributed by atoms with Crippen LogP contribution in [0.1, 0.15) is 34.7 Å². The van der Waals surface area contributed by atoms with Gasteiger partial charge in [-0.2, -0.15) is 0 Å². The van der Waals surface area contributed by atoms with Gasteiger partial charge in [-0.3, -0.25) is 9.59 Å². The summed E-state index contributed by atoms with van der Waals surface area (Å²) in [4.78, 5) is 34.3. The molecule has 1 aromatic heterocycles. The number of hydrogen-bond donors (Lipinski definition) is 0. The van der Waals surface area contributed by atoms with Crippen LogP contribution in [0.15, 0.2) is 9.68 Å². The van der Waals surface area contributed by atoms with Crippen LogP contribution in [-0.4, -0.2) is 64.8 Å². The number of aryl methyl sites for hydroxylation is 2. The van der Waals surface area contributed by atoms with Gasteiger partial charge < -0.3 is 19.2 Å². The van der Waals surface area contributed by atoms with Crippen LogP contribution in [0.25, 0.3) is 0 Å². The molecule has 2 fully saturated rings. The van der Waals surface area contributed by atoms with Crippen LogP contribution in [0, 0.1) is 19.8 Å². The maximum absolute atomic E-state index is 12.7. The van der Waals surface area contributed by atoms with Gasteiger partial charge in [0.2, 0.25) is 0 Å². The van der Waals surface area contributed by atoms with Gasteiger partial charge in [-0.05, 0) is 26.7 Å². The van der Waals surface area contributed by atoms with E-state index in [1.165, 1.54) is 0 Å². The third kappa shape index (κ3) is 2.28. The van der Waals surface area contributed by atoms with Crippen molar-refractivity contribution < 1.29 is 18.9 Å². The maximum Gasteiger partial charge on any atom is 0.272 e. The first-order chi connectivity index (χ1) is 11.6. The molecule has 2 atom stereocenters. The number of aromatic nitrogens is 1. The van der Waals surface area contributed by atoms with Gasteiger partial charge in [0, 0.05) is 19.6 Å². The lowest BCUT2D eigenvalue weighted by molar-refractivity contribution is -0.123. The number of amides is 2. The predicted molar refractivity (Wildman–Crippen MR) is 83.5 cm³/mol. The molecule has 0 radical (unpaired) electrons. The molecule has 0 unspecified atom stereocenters. The van der Waals surface area contributed by atoms with Gasteiger partial charge in [-0.25, -0.2) is 0 Å². The first kappa shape index (κ1) is 15.2. The summed E-state index contributed by atoms with van der Waals surface area (Å²) in [7, 11) is 0. The van der Waals surface area contributed by atoms with Gasteiger partial charge in [0.1, 0.15) is 11.3 Å². The normalized spacial score (nSPS) is 25.7. The Labute approximate surface area is 139 Å². The zero-order chi connectivity index (χ0) is 16.8. The van der Waals surface area contributed by atoms with Crippen molar-refractivity contribution in [2.45, 2.75) is 32.8 Å². The second-order valence-corrected chi connectivity index (χ2v) is 6.64. The van der Waals surface area contributed by atoms with E-state index < -0.39 is 0 Å². The highest BCUT2D eigenvalue weighted by molar-refractivity contribution is 6.40. The van der Waals surface area contributed by atoms with E-state index in [2.05, 4.69) is 10.3 Å². The fraction of sp³-hybridized carbons (Fsp3) is 0.625. The number of likely N-dealkylation sites (tertiary alicyclic amines) is 2. The second-order valence-electron chi connectivity index (χ2n) is 6.64. The van der Waals surface area contributed by atoms with Crippen LogP contribution < -0.4 is 0 Å². The minimum absolute atomic E-state index is 0.0494. The summed E-state index contributed by atoms with van der Waals surface area (Å²) in [6, 6.07) is 0. The van der Waals surface area contributed by atoms with Gasteiger partial charge in [0.15, 0.2) is 11.8 Å². The summed E-state index contributed by atoms with van der Waals surface area (Å²) >= 11 is 0. The zero-order valence-electron chi connectivity index (χ0n) is 13.8. The average Bonchev–Trinajstić information content (AvgIpc) is 3.30. The summed E-state index contributed by atoms with van der Waals surface area (Å²) in [6.07, 6.45) is 1.82. The molecule has 4 heterocycles. The van der Waals surface area contributed by atoms with E-state index in [4.69, 9.17) is 9.36 Å². The Bertz CT molecular complexity index is 700. The smallest absolute Gasteiger partial charge is 0.272 e. The lowest BCUT2D eigenvalue weighted by Gasteiger charge is -2.18. The third-order valence-electron chi connectivity index (χ3n) is 5.05. The number of fused-ring (bicyclic) bond motifs is 1. The predicted octanol–water partition coefficient (Wildman–Crippen LogP) is 0.741. The molecule has 3 aliphatic heterocycles. The number of carbonyl (C=O) groups excluding carboxylic acids is 2. The quantitative estimate of drug-likeness (QED) is 0.797. The molecular weight excluding hydrogens is 312 g/mol. The fourth-order valence-electron chi connectivity index (χ4n) is 3.73. The van der Waals surface area contributed by atoms with Crippen LogP contribution in [0.3, 0.4) is 0 Å². The Balaban J connectivity index is 1.49. The van der Waals surface area contributed by atoms with E-state index in [0.29, 0.717) is 35.8 Å². The minimum atomic E-state index is -0.240. The SMILES string of the molecule is Cc1noc(C)c1C(=O)N1C[C@@H]2C(C(=O)N3CCCC3)=NO[C@@H]2C1. The fourth-order valence-corrected chi connectivity index (χ4v) is 3.73. The van der Waals surface area contributed by atoms with Crippen LogP contribution in [0.5, 0.6) is 0 Å². The molecule has 2 saturated heterocycles. The molecule has 1 aromatic rings. The molecule has 2 amide bonds. The number of hydrogen-bond acceptors (Lipinski definition) is 6. The molecule has 0 N–H and O–H groups in total. The number of rotatable bonds is 2. The van der Waals surface area contributed by atoms with Crippen LogP contribution in [-0.2, 0) is 9.63 Å². The lowest BCUT2D eigenvalue weighted by atomic mass is 10.00. The Hall–Kier alpha value is -2.38. The Kier molecular flexibility index (Phi) is 3.54. The Morgan fingerprint density at radius 2 is 1.83 bits per heavy atom. The summed E-state index contributed by atoms with van der Waals surface area (Å²) in [5.41, 5.74) is 1.54. The molecule has 4 rings (SSSR count). The van der Waals surface area contributed by atoms with E-state index in [-0.39, 0.29) is 23.8 Å². The molecule has 0 aliphatic carbocycles. The van der Waals surface area contributed by atoms with Crippen molar-refractivity contribution in [2.24, 2.45) is 11.1 Å². The largest absolute Gasteiger partial charge is 0.389 e. The molecule has 0 saturated carbocycles. The van der Waals surface area contributed by atoms with Gasteiger partial charge in [0.05, 0.1) is 18.2 Å². The molecular formula is C16H20N4O4. The Morgan fingerprint density at radius 1 is 1.08 bits per heavy atom. The van der Waals surface area contributed by atoms with E-state index in [1.807, 2.05) is 4.90 Å². The topological polar surface area (TPSA) is 88.2 Å². The molecule has 8 heteroatoms. The van der Waals surface area contributed by atoms with Crippen molar-refractivity contribution in [3.05, 3.63) is 17.0 Å². The minimum Gasteiger partial charge on any atom is -0.389 e. The van der Waals surface area contributed by atoms with Crippen molar-refractivity contribution in [3.8, 4) is 0 Å². The molecule has 0 bridgehead atoms. The summed E-state index contributed by atoms with van der Waals surface area (Å²) < 4.78 is 5.08. The molecule has 3 aliphatic rings. The third-order valence-corrected chi connectivity index (χ3v) is 5.05. The van der Waals surface area contributed by atoms with Crippen molar-refractivity contribution in [2.75, 3.05) is 26.2 Å². The van der Waals surface area contributed by atoms with Crippen LogP contribution in [0.2, 0.25) is 0 Å². The standard InChI is InChI=1S/C16H20N4O4/c1-9-13(10(2)23-17-9)15(21)20-7-11-12(8-20)24-18-14(11)16(22)19-5-3-4-6-19/h11-12H,3-8H2,1-2H3/t11-,12+/m0/s1. The van der Waals surface area contributed by atoms with Gasteiger partial charge in [-0.15, -0.1) is 0 Å². The van der Waals surface area contributed by atoms with Crippen LogP contribution >= 0.6 is 0 Å². The van der Waals surface area contributed by atoms with E-state index in [1.54, 1.807) is 18.7 Å². The average molecular weight is 332 g/mol. The first-order valence-electron chi connectivity index (χ1n) is 8.31. The summed E-state index contributed by atoms with van der Waals surface area (Å²) in [5, 5.41) is 7.85. The lowest BCUT2D eigenvalue weighted by Crippen LogP contribution is -2.39. The molecule has 128 valence electrons. The highest BCUT2D eigenvalue weighted by atomic mass is 16.6. The number of carbonyl (C=O) groups is 2. The van der Waals surface area contributed by atoms with Gasteiger partial charge >= 0.3 is 0 Å². The Morgan fingerprint density at radius 3 is 2.50 bits per heavy atom. The highest BCUT2D eigenvalue weighted by Crippen LogP contribution is 2.30. The van der Waals surface area contributed by atoms with Crippen molar-refractivity contribution >= 4 is 17.5 Å². The molecule has 0 aromatic carbocycles. The highest BCUT2D eigenvalue weighted by Gasteiger charge is 2.47. The second kappa shape index (κ2) is 5.61. The van der Waals surface area contributed by atoms with Crippen LogP contribution in [0.4, 0.5) is 0 Å². The van der Waals surface area contributed by atoms with E-state index in [0.717, 1.165) is 25.9 Å². The summed E-state index contributed by atoms with van der Waals surface area (Å²) in [6.45, 7) is 5.89. The van der Waals surface area contributed by atoms with E-state index in [9.17, 15) is 9.59 Å². The van der Waals surface area contributed by atoms with Gasteiger partial charge in [0.25, 0.3) is 11.8 Å². The maximum atomic E-state index is 12.7. The monoisotopic (exact) mass is 332 g/mol.